The highest BCUT2D eigenvalue weighted by molar-refractivity contribution is 9.11. The Bertz CT molecular complexity index is 524. The predicted molar refractivity (Wildman–Crippen MR) is 82.7 cm³/mol. The highest BCUT2D eigenvalue weighted by Gasteiger charge is 2.26. The van der Waals surface area contributed by atoms with Gasteiger partial charge in [-0.15, -0.1) is 0 Å². The molecule has 1 rings (SSSR count). The number of methoxy groups -OCH3 is 1. The monoisotopic (exact) mass is 355 g/mol. The molecule has 0 bridgehead atoms. The molecule has 0 aromatic heterocycles. The van der Waals surface area contributed by atoms with Gasteiger partial charge >= 0.3 is 12.1 Å². The Balaban J connectivity index is 2.81. The summed E-state index contributed by atoms with van der Waals surface area (Å²) in [5.74, 6) is -0.595. The average Bonchev–Trinajstić information content (AvgIpc) is 2.50. The molecule has 114 valence electrons. The first-order valence-electron chi connectivity index (χ1n) is 6.44. The zero-order valence-corrected chi connectivity index (χ0v) is 13.8. The van der Waals surface area contributed by atoms with Crippen LogP contribution >= 0.6 is 15.9 Å². The number of ether oxygens (including phenoxy) is 2. The minimum atomic E-state index is -0.597. The third kappa shape index (κ3) is 4.90. The van der Waals surface area contributed by atoms with Crippen LogP contribution in [0.3, 0.4) is 0 Å². The van der Waals surface area contributed by atoms with Crippen LogP contribution in [0.5, 0.6) is 0 Å². The van der Waals surface area contributed by atoms with Gasteiger partial charge < -0.3 is 9.47 Å². The van der Waals surface area contributed by atoms with E-state index >= 15 is 0 Å². The Morgan fingerprint density at radius 3 is 2.33 bits per heavy atom. The molecule has 0 aliphatic heterocycles. The van der Waals surface area contributed by atoms with Crippen molar-refractivity contribution in [1.82, 2.24) is 4.90 Å². The molecule has 0 aliphatic carbocycles. The number of hydrogen-bond acceptors (Lipinski definition) is 4. The van der Waals surface area contributed by atoms with Gasteiger partial charge in [-0.3, -0.25) is 4.90 Å². The van der Waals surface area contributed by atoms with Crippen molar-refractivity contribution in [2.24, 2.45) is 0 Å². The first-order valence-corrected chi connectivity index (χ1v) is 7.23. The van der Waals surface area contributed by atoms with Gasteiger partial charge in [0.2, 0.25) is 0 Å². The molecule has 0 radical (unpaired) electrons. The molecule has 1 aromatic rings. The second-order valence-electron chi connectivity index (χ2n) is 4.16. The predicted octanol–water partition coefficient (Wildman–Crippen LogP) is 3.44. The molecule has 0 unspecified atom stereocenters. The molecule has 0 saturated carbocycles. The largest absolute Gasteiger partial charge is 0.464 e. The van der Waals surface area contributed by atoms with Gasteiger partial charge in [-0.1, -0.05) is 46.3 Å². The fourth-order valence-corrected chi connectivity index (χ4v) is 2.09. The number of hydrogen-bond donors (Lipinski definition) is 0. The quantitative estimate of drug-likeness (QED) is 0.599. The lowest BCUT2D eigenvalue weighted by atomic mass is 10.2. The van der Waals surface area contributed by atoms with Crippen LogP contribution in [0.4, 0.5) is 4.79 Å². The second-order valence-corrected chi connectivity index (χ2v) is 5.35. The summed E-state index contributed by atoms with van der Waals surface area (Å²) in [5, 5.41) is 0. The van der Waals surface area contributed by atoms with Gasteiger partial charge in [0.1, 0.15) is 12.3 Å². The van der Waals surface area contributed by atoms with E-state index in [-0.39, 0.29) is 12.3 Å². The van der Waals surface area contributed by atoms with Crippen LogP contribution in [0.15, 0.2) is 40.5 Å². The molecule has 1 amide bonds. The van der Waals surface area contributed by atoms with Crippen molar-refractivity contribution in [2.45, 2.75) is 20.5 Å². The fraction of sp³-hybridized carbons (Fsp3) is 0.333. The molecule has 21 heavy (non-hydrogen) atoms. The highest BCUT2D eigenvalue weighted by Crippen LogP contribution is 2.18. The van der Waals surface area contributed by atoms with Gasteiger partial charge in [0.15, 0.2) is 0 Å². The molecule has 0 heterocycles. The van der Waals surface area contributed by atoms with E-state index in [0.717, 1.165) is 5.56 Å². The van der Waals surface area contributed by atoms with Gasteiger partial charge in [0.25, 0.3) is 0 Å². The molecule has 6 heteroatoms. The molecule has 0 N–H and O–H groups in total. The summed E-state index contributed by atoms with van der Waals surface area (Å²) in [5.41, 5.74) is 1.01. The fourth-order valence-electron chi connectivity index (χ4n) is 1.71. The van der Waals surface area contributed by atoms with Crippen LogP contribution in [0.2, 0.25) is 0 Å². The lowest BCUT2D eigenvalue weighted by Crippen LogP contribution is -2.35. The van der Waals surface area contributed by atoms with Crippen molar-refractivity contribution < 1.29 is 19.1 Å². The number of likely N-dealkylation sites (N-methyl/N-ethyl adjacent to an activating group) is 1. The van der Waals surface area contributed by atoms with Crippen LogP contribution in [-0.2, 0) is 20.9 Å². The number of esters is 1. The number of amides is 1. The van der Waals surface area contributed by atoms with Gasteiger partial charge in [-0.25, -0.2) is 9.59 Å². The summed E-state index contributed by atoms with van der Waals surface area (Å²) >= 11 is 3.22. The van der Waals surface area contributed by atoms with E-state index in [1.165, 1.54) is 12.0 Å². The normalized spacial score (nSPS) is 11.4. The van der Waals surface area contributed by atoms with Gasteiger partial charge in [0.05, 0.1) is 7.11 Å². The van der Waals surface area contributed by atoms with Crippen molar-refractivity contribution in [3.8, 4) is 0 Å². The van der Waals surface area contributed by atoms with Crippen LogP contribution in [-0.4, -0.2) is 30.6 Å². The van der Waals surface area contributed by atoms with E-state index in [0.29, 0.717) is 11.0 Å². The number of nitrogens with zero attached hydrogens (tertiary/aromatic N) is 1. The summed E-state index contributed by atoms with van der Waals surface area (Å²) in [6.07, 6.45) is -0.597. The minimum absolute atomic E-state index is 0.137. The Morgan fingerprint density at radius 2 is 1.86 bits per heavy atom. The van der Waals surface area contributed by atoms with E-state index in [1.807, 2.05) is 30.3 Å². The van der Waals surface area contributed by atoms with E-state index in [9.17, 15) is 9.59 Å². The smallest absolute Gasteiger partial charge is 0.414 e. The zero-order chi connectivity index (χ0) is 15.8. The van der Waals surface area contributed by atoms with Crippen LogP contribution in [0.1, 0.15) is 19.4 Å². The summed E-state index contributed by atoms with van der Waals surface area (Å²) in [7, 11) is 1.27. The summed E-state index contributed by atoms with van der Waals surface area (Å²) in [6.45, 7) is 3.86. The summed E-state index contributed by atoms with van der Waals surface area (Å²) in [4.78, 5) is 25.2. The SMILES string of the molecule is CCN(C(=O)OCc1ccccc1)/C(C(=O)OC)=C(/C)Br. The van der Waals surface area contributed by atoms with E-state index < -0.39 is 12.1 Å². The van der Waals surface area contributed by atoms with Crippen molar-refractivity contribution in [3.63, 3.8) is 0 Å². The summed E-state index contributed by atoms with van der Waals surface area (Å²) < 4.78 is 10.4. The molecule has 0 fully saturated rings. The summed E-state index contributed by atoms with van der Waals surface area (Å²) in [6, 6.07) is 9.33. The highest BCUT2D eigenvalue weighted by atomic mass is 79.9. The Morgan fingerprint density at radius 1 is 1.24 bits per heavy atom. The molecular formula is C15H18BrNO4. The molecule has 5 nitrogen and oxygen atoms in total. The number of benzene rings is 1. The third-order valence-electron chi connectivity index (χ3n) is 2.72. The lowest BCUT2D eigenvalue weighted by molar-refractivity contribution is -0.137. The van der Waals surface area contributed by atoms with E-state index in [1.54, 1.807) is 13.8 Å². The molecule has 0 atom stereocenters. The molecule has 0 spiro atoms. The van der Waals surface area contributed by atoms with Crippen molar-refractivity contribution in [3.05, 3.63) is 46.1 Å². The molecule has 1 aromatic carbocycles. The molecule has 0 aliphatic rings. The van der Waals surface area contributed by atoms with Gasteiger partial charge in [-0.05, 0) is 19.4 Å². The first kappa shape index (κ1) is 17.2. The topological polar surface area (TPSA) is 55.8 Å². The number of carbonyl (C=O) groups is 2. The molecule has 0 saturated heterocycles. The van der Waals surface area contributed by atoms with Gasteiger partial charge in [-0.2, -0.15) is 0 Å². The van der Waals surface area contributed by atoms with Crippen molar-refractivity contribution in [2.75, 3.05) is 13.7 Å². The van der Waals surface area contributed by atoms with Crippen molar-refractivity contribution >= 4 is 28.0 Å². The molecular weight excluding hydrogens is 338 g/mol. The third-order valence-corrected chi connectivity index (χ3v) is 3.09. The lowest BCUT2D eigenvalue weighted by Gasteiger charge is -2.22. The first-order chi connectivity index (χ1) is 10.0. The number of halogens is 1. The van der Waals surface area contributed by atoms with Crippen LogP contribution < -0.4 is 0 Å². The number of rotatable bonds is 5. The Labute approximate surface area is 132 Å². The Hall–Kier alpha value is -1.82. The maximum Gasteiger partial charge on any atom is 0.414 e. The van der Waals surface area contributed by atoms with Crippen LogP contribution in [0, 0.1) is 0 Å². The Kier molecular flexibility index (Phi) is 6.94. The maximum absolute atomic E-state index is 12.2. The van der Waals surface area contributed by atoms with Crippen molar-refractivity contribution in [1.29, 1.82) is 0 Å². The maximum atomic E-state index is 12.2. The standard InChI is InChI=1S/C15H18BrNO4/c1-4-17(13(11(2)16)14(18)20-3)15(19)21-10-12-8-6-5-7-9-12/h5-9H,4,10H2,1-3H3/b13-11-. The minimum Gasteiger partial charge on any atom is -0.464 e. The van der Waals surface area contributed by atoms with Gasteiger partial charge in [0, 0.05) is 11.0 Å². The van der Waals surface area contributed by atoms with E-state index in [2.05, 4.69) is 15.9 Å². The van der Waals surface area contributed by atoms with E-state index in [4.69, 9.17) is 9.47 Å². The van der Waals surface area contributed by atoms with Crippen LogP contribution in [0.25, 0.3) is 0 Å². The zero-order valence-electron chi connectivity index (χ0n) is 12.3. The number of allylic oxidation sites excluding steroid dienone is 1. The number of carbonyl (C=O) groups excluding carboxylic acids is 2. The average molecular weight is 356 g/mol. The second kappa shape index (κ2) is 8.46.